The van der Waals surface area contributed by atoms with E-state index in [1.165, 1.54) is 44.2 Å². The quantitative estimate of drug-likeness (QED) is 0.340. The van der Waals surface area contributed by atoms with E-state index in [-0.39, 0.29) is 18.8 Å². The number of halogens is 3. The van der Waals surface area contributed by atoms with Gasteiger partial charge in [0.2, 0.25) is 5.85 Å². The van der Waals surface area contributed by atoms with Crippen LogP contribution in [0.25, 0.3) is 0 Å². The van der Waals surface area contributed by atoms with Crippen LogP contribution < -0.4 is 0 Å². The van der Waals surface area contributed by atoms with Gasteiger partial charge < -0.3 is 18.5 Å². The summed E-state index contributed by atoms with van der Waals surface area (Å²) in [6.07, 6.45) is -5.18. The molecular weight excluding hydrogens is 436 g/mol. The number of methoxy groups -OCH3 is 1. The highest BCUT2D eigenvalue weighted by atomic mass is 31.2. The Labute approximate surface area is 178 Å². The molecule has 0 spiro atoms. The second kappa shape index (κ2) is 10.4. The Morgan fingerprint density at radius 2 is 1.42 bits per heavy atom. The molecule has 2 rings (SSSR count). The Morgan fingerprint density at radius 1 is 0.935 bits per heavy atom. The van der Waals surface area contributed by atoms with Crippen LogP contribution in [0.3, 0.4) is 0 Å². The van der Waals surface area contributed by atoms with E-state index >= 15 is 0 Å². The first-order chi connectivity index (χ1) is 14.7. The molecule has 31 heavy (non-hydrogen) atoms. The second-order valence-corrected chi connectivity index (χ2v) is 8.36. The minimum absolute atomic E-state index is 0.0778. The van der Waals surface area contributed by atoms with Crippen LogP contribution in [0.15, 0.2) is 60.7 Å². The van der Waals surface area contributed by atoms with Crippen LogP contribution in [-0.2, 0) is 33.5 Å². The number of hydrogen-bond acceptors (Lipinski definition) is 6. The summed E-state index contributed by atoms with van der Waals surface area (Å²) < 4.78 is 76.5. The van der Waals surface area contributed by atoms with Gasteiger partial charge in [-0.15, -0.1) is 0 Å². The zero-order valence-corrected chi connectivity index (χ0v) is 18.2. The molecule has 0 heterocycles. The molecule has 10 heteroatoms. The molecule has 2 atom stereocenters. The predicted octanol–water partition coefficient (Wildman–Crippen LogP) is 5.60. The second-order valence-electron chi connectivity index (χ2n) is 6.29. The normalized spacial score (nSPS) is 15.2. The molecule has 0 unspecified atom stereocenters. The molecule has 0 aliphatic rings. The zero-order chi connectivity index (χ0) is 23.1. The summed E-state index contributed by atoms with van der Waals surface area (Å²) in [4.78, 5) is 13.1. The van der Waals surface area contributed by atoms with Crippen LogP contribution in [0.4, 0.5) is 13.2 Å². The van der Waals surface area contributed by atoms with E-state index in [2.05, 4.69) is 0 Å². The molecule has 0 radical (unpaired) electrons. The van der Waals surface area contributed by atoms with Crippen LogP contribution in [-0.4, -0.2) is 32.5 Å². The van der Waals surface area contributed by atoms with Gasteiger partial charge in [0.15, 0.2) is 0 Å². The summed E-state index contributed by atoms with van der Waals surface area (Å²) in [6, 6.07) is 14.0. The first-order valence-corrected chi connectivity index (χ1v) is 11.1. The zero-order valence-electron chi connectivity index (χ0n) is 17.3. The van der Waals surface area contributed by atoms with E-state index in [1.54, 1.807) is 18.2 Å². The highest BCUT2D eigenvalue weighted by Crippen LogP contribution is 2.62. The van der Waals surface area contributed by atoms with Crippen molar-refractivity contribution in [2.24, 2.45) is 0 Å². The standard InChI is InChI=1S/C21H24F3O6P/c1-4-28-31(26,29-5-2)18(16-12-8-6-9-13-16)30-19(25)20(27-3,21(22,23)24)17-14-10-7-11-15-17/h6-15,18H,4-5H2,1-3H3/t18-,20-/m1/s1. The van der Waals surface area contributed by atoms with Crippen LogP contribution in [0.5, 0.6) is 0 Å². The summed E-state index contributed by atoms with van der Waals surface area (Å²) >= 11 is 0. The number of rotatable bonds is 10. The van der Waals surface area contributed by atoms with Crippen molar-refractivity contribution in [1.82, 2.24) is 0 Å². The predicted molar refractivity (Wildman–Crippen MR) is 107 cm³/mol. The number of hydrogen-bond donors (Lipinski definition) is 0. The fourth-order valence-corrected chi connectivity index (χ4v) is 4.86. The number of esters is 1. The van der Waals surface area contributed by atoms with Crippen LogP contribution >= 0.6 is 7.60 Å². The summed E-state index contributed by atoms with van der Waals surface area (Å²) in [5.74, 6) is -3.52. The minimum Gasteiger partial charge on any atom is -0.442 e. The fourth-order valence-electron chi connectivity index (χ4n) is 3.04. The lowest BCUT2D eigenvalue weighted by Crippen LogP contribution is -2.52. The van der Waals surface area contributed by atoms with E-state index in [4.69, 9.17) is 18.5 Å². The van der Waals surface area contributed by atoms with Crippen molar-refractivity contribution in [3.8, 4) is 0 Å². The average molecular weight is 460 g/mol. The molecule has 0 bridgehead atoms. The number of carbonyl (C=O) groups excluding carboxylic acids is 1. The molecular formula is C21H24F3O6P. The number of benzene rings is 2. The number of carbonyl (C=O) groups is 1. The van der Waals surface area contributed by atoms with Crippen LogP contribution in [0.1, 0.15) is 30.8 Å². The smallest absolute Gasteiger partial charge is 0.432 e. The monoisotopic (exact) mass is 460 g/mol. The van der Waals surface area contributed by atoms with Crippen molar-refractivity contribution in [2.45, 2.75) is 31.5 Å². The molecule has 0 amide bonds. The molecule has 0 fully saturated rings. The number of ether oxygens (including phenoxy) is 2. The Kier molecular flexibility index (Phi) is 8.42. The Balaban J connectivity index is 2.61. The Hall–Kier alpha value is -2.19. The molecule has 0 aliphatic carbocycles. The lowest BCUT2D eigenvalue weighted by atomic mass is 9.92. The first-order valence-electron chi connectivity index (χ1n) is 9.48. The van der Waals surface area contributed by atoms with Gasteiger partial charge in [-0.25, -0.2) is 4.79 Å². The third kappa shape index (κ3) is 5.18. The molecule has 6 nitrogen and oxygen atoms in total. The van der Waals surface area contributed by atoms with Crippen molar-refractivity contribution in [1.29, 1.82) is 0 Å². The summed E-state index contributed by atoms with van der Waals surface area (Å²) in [7, 11) is -3.44. The lowest BCUT2D eigenvalue weighted by Gasteiger charge is -2.35. The maximum Gasteiger partial charge on any atom is 0.432 e. The third-order valence-corrected chi connectivity index (χ3v) is 6.60. The molecule has 0 aromatic heterocycles. The van der Waals surface area contributed by atoms with Crippen LogP contribution in [0, 0.1) is 0 Å². The van der Waals surface area contributed by atoms with Crippen molar-refractivity contribution >= 4 is 13.6 Å². The van der Waals surface area contributed by atoms with Crippen LogP contribution in [0.2, 0.25) is 0 Å². The average Bonchev–Trinajstić information content (AvgIpc) is 2.73. The minimum atomic E-state index is -5.18. The van der Waals surface area contributed by atoms with E-state index < -0.39 is 36.8 Å². The molecule has 0 aliphatic heterocycles. The molecule has 0 saturated carbocycles. The maximum atomic E-state index is 14.2. The largest absolute Gasteiger partial charge is 0.442 e. The van der Waals surface area contributed by atoms with E-state index in [9.17, 15) is 22.5 Å². The van der Waals surface area contributed by atoms with E-state index in [0.717, 1.165) is 19.2 Å². The van der Waals surface area contributed by atoms with Crippen molar-refractivity contribution in [2.75, 3.05) is 20.3 Å². The summed E-state index contributed by atoms with van der Waals surface area (Å²) in [5.41, 5.74) is -3.77. The van der Waals surface area contributed by atoms with Gasteiger partial charge in [-0.05, 0) is 13.8 Å². The molecule has 2 aromatic rings. The Bertz CT molecular complexity index is 881. The SMILES string of the molecule is CCOP(=O)(OCC)[C@@H](OC(=O)[C@](OC)(c1ccccc1)C(F)(F)F)c1ccccc1. The summed E-state index contributed by atoms with van der Waals surface area (Å²) in [5, 5.41) is 0. The first kappa shape index (κ1) is 25.1. The molecule has 0 saturated heterocycles. The van der Waals surface area contributed by atoms with Gasteiger partial charge >= 0.3 is 19.7 Å². The lowest BCUT2D eigenvalue weighted by molar-refractivity contribution is -0.277. The van der Waals surface area contributed by atoms with Gasteiger partial charge in [0.1, 0.15) is 0 Å². The maximum absolute atomic E-state index is 14.2. The molecule has 2 aromatic carbocycles. The van der Waals surface area contributed by atoms with Crippen molar-refractivity contribution in [3.05, 3.63) is 71.8 Å². The number of alkyl halides is 3. The van der Waals surface area contributed by atoms with Crippen molar-refractivity contribution in [3.63, 3.8) is 0 Å². The topological polar surface area (TPSA) is 71.1 Å². The third-order valence-electron chi connectivity index (χ3n) is 4.38. The molecule has 170 valence electrons. The van der Waals surface area contributed by atoms with Gasteiger partial charge in [0, 0.05) is 18.2 Å². The highest BCUT2D eigenvalue weighted by Gasteiger charge is 2.65. The van der Waals surface area contributed by atoms with Gasteiger partial charge in [0.25, 0.3) is 5.60 Å². The van der Waals surface area contributed by atoms with Gasteiger partial charge in [-0.2, -0.15) is 13.2 Å². The highest BCUT2D eigenvalue weighted by molar-refractivity contribution is 7.54. The molecule has 0 N–H and O–H groups in total. The van der Waals surface area contributed by atoms with E-state index in [1.807, 2.05) is 0 Å². The fraction of sp³-hybridized carbons (Fsp3) is 0.381. The van der Waals surface area contributed by atoms with Crippen molar-refractivity contribution < 1.29 is 41.1 Å². The van der Waals surface area contributed by atoms with Gasteiger partial charge in [-0.1, -0.05) is 60.7 Å². The van der Waals surface area contributed by atoms with Gasteiger partial charge in [-0.3, -0.25) is 4.57 Å². The van der Waals surface area contributed by atoms with E-state index in [0.29, 0.717) is 0 Å². The van der Waals surface area contributed by atoms with Gasteiger partial charge in [0.05, 0.1) is 13.2 Å². The summed E-state index contributed by atoms with van der Waals surface area (Å²) in [6.45, 7) is 2.92. The Morgan fingerprint density at radius 3 is 1.84 bits per heavy atom.